The molecule has 3 fully saturated rings. The second kappa shape index (κ2) is 7.41. The lowest BCUT2D eigenvalue weighted by Gasteiger charge is -2.41. The standard InChI is InChI=1S/C19H23FN4O5/c1-11(25)21-6-14-9-23(19(27)29-14)13-3-4-16(15(20)5-13)22-7-12-8-24(17(12)10-22)18(26)28-2/h3-5,12,14,17H,6-10H2,1-2H3,(H,21,25). The van der Waals surface area contributed by atoms with Crippen molar-refractivity contribution in [2.45, 2.75) is 19.1 Å². The van der Waals surface area contributed by atoms with Gasteiger partial charge in [-0.05, 0) is 18.2 Å². The van der Waals surface area contributed by atoms with Crippen LogP contribution in [-0.4, -0.2) is 75.0 Å². The lowest BCUT2D eigenvalue weighted by Crippen LogP contribution is -2.58. The summed E-state index contributed by atoms with van der Waals surface area (Å²) in [5.41, 5.74) is 0.843. The summed E-state index contributed by atoms with van der Waals surface area (Å²) in [5, 5.41) is 2.61. The van der Waals surface area contributed by atoms with Gasteiger partial charge in [-0.3, -0.25) is 9.69 Å². The number of hydrogen-bond donors (Lipinski definition) is 1. The number of benzene rings is 1. The third kappa shape index (κ3) is 3.54. The first kappa shape index (κ1) is 19.3. The Morgan fingerprint density at radius 1 is 1.28 bits per heavy atom. The first-order valence-electron chi connectivity index (χ1n) is 9.49. The smallest absolute Gasteiger partial charge is 0.414 e. The number of rotatable bonds is 4. The maximum absolute atomic E-state index is 14.8. The van der Waals surface area contributed by atoms with Crippen LogP contribution in [0.15, 0.2) is 18.2 Å². The Morgan fingerprint density at radius 2 is 2.07 bits per heavy atom. The van der Waals surface area contributed by atoms with Gasteiger partial charge in [-0.1, -0.05) is 0 Å². The zero-order valence-electron chi connectivity index (χ0n) is 16.3. The monoisotopic (exact) mass is 406 g/mol. The highest BCUT2D eigenvalue weighted by molar-refractivity contribution is 5.90. The highest BCUT2D eigenvalue weighted by atomic mass is 19.1. The van der Waals surface area contributed by atoms with Gasteiger partial charge in [-0.15, -0.1) is 0 Å². The number of carbonyl (C=O) groups is 3. The topological polar surface area (TPSA) is 91.4 Å². The van der Waals surface area contributed by atoms with E-state index in [1.807, 2.05) is 4.90 Å². The van der Waals surface area contributed by atoms with E-state index in [9.17, 15) is 18.8 Å². The minimum absolute atomic E-state index is 0.0321. The van der Waals surface area contributed by atoms with Crippen molar-refractivity contribution in [3.63, 3.8) is 0 Å². The van der Waals surface area contributed by atoms with E-state index in [0.29, 0.717) is 36.9 Å². The second-order valence-electron chi connectivity index (χ2n) is 7.54. The van der Waals surface area contributed by atoms with Gasteiger partial charge in [0, 0.05) is 32.5 Å². The molecule has 1 N–H and O–H groups in total. The van der Waals surface area contributed by atoms with Crippen LogP contribution in [0.25, 0.3) is 0 Å². The van der Waals surface area contributed by atoms with Crippen LogP contribution in [0.4, 0.5) is 25.4 Å². The maximum atomic E-state index is 14.8. The summed E-state index contributed by atoms with van der Waals surface area (Å²) >= 11 is 0. The number of carbonyl (C=O) groups excluding carboxylic acids is 3. The number of nitrogens with zero attached hydrogens (tertiary/aromatic N) is 3. The Kier molecular flexibility index (Phi) is 4.93. The largest absolute Gasteiger partial charge is 0.453 e. The first-order chi connectivity index (χ1) is 13.9. The summed E-state index contributed by atoms with van der Waals surface area (Å²) in [6.45, 7) is 3.66. The van der Waals surface area contributed by atoms with E-state index in [1.54, 1.807) is 17.0 Å². The van der Waals surface area contributed by atoms with Gasteiger partial charge in [0.25, 0.3) is 0 Å². The molecule has 1 aromatic carbocycles. The molecule has 0 radical (unpaired) electrons. The third-order valence-corrected chi connectivity index (χ3v) is 5.68. The van der Waals surface area contributed by atoms with Crippen LogP contribution >= 0.6 is 0 Å². The van der Waals surface area contributed by atoms with Crippen molar-refractivity contribution >= 4 is 29.5 Å². The van der Waals surface area contributed by atoms with Crippen LogP contribution in [0.3, 0.4) is 0 Å². The van der Waals surface area contributed by atoms with Crippen molar-refractivity contribution in [2.24, 2.45) is 5.92 Å². The first-order valence-corrected chi connectivity index (χ1v) is 9.49. The summed E-state index contributed by atoms with van der Waals surface area (Å²) in [7, 11) is 1.35. The Morgan fingerprint density at radius 3 is 2.76 bits per heavy atom. The fourth-order valence-corrected chi connectivity index (χ4v) is 4.18. The summed E-state index contributed by atoms with van der Waals surface area (Å²) in [6, 6.07) is 4.67. The van der Waals surface area contributed by atoms with Gasteiger partial charge >= 0.3 is 12.2 Å². The lowest BCUT2D eigenvalue weighted by molar-refractivity contribution is -0.119. The minimum atomic E-state index is -0.569. The molecule has 3 aliphatic rings. The third-order valence-electron chi connectivity index (χ3n) is 5.68. The molecule has 9 nitrogen and oxygen atoms in total. The molecule has 1 aromatic rings. The van der Waals surface area contributed by atoms with Crippen molar-refractivity contribution < 1.29 is 28.2 Å². The summed E-state index contributed by atoms with van der Waals surface area (Å²) in [4.78, 5) is 39.8. The predicted molar refractivity (Wildman–Crippen MR) is 101 cm³/mol. The number of amides is 3. The number of cyclic esters (lactones) is 1. The molecular weight excluding hydrogens is 383 g/mol. The zero-order valence-corrected chi connectivity index (χ0v) is 16.3. The average molecular weight is 406 g/mol. The summed E-state index contributed by atoms with van der Waals surface area (Å²) in [6.07, 6.45) is -1.40. The Balaban J connectivity index is 1.42. The van der Waals surface area contributed by atoms with Crippen molar-refractivity contribution in [2.75, 3.05) is 49.6 Å². The molecule has 0 spiro atoms. The number of anilines is 2. The molecule has 3 unspecified atom stereocenters. The van der Waals surface area contributed by atoms with Crippen LogP contribution < -0.4 is 15.1 Å². The number of methoxy groups -OCH3 is 1. The van der Waals surface area contributed by atoms with Crippen molar-refractivity contribution in [1.82, 2.24) is 10.2 Å². The number of likely N-dealkylation sites (tertiary alicyclic amines) is 1. The number of hydrogen-bond acceptors (Lipinski definition) is 6. The van der Waals surface area contributed by atoms with E-state index in [2.05, 4.69) is 5.32 Å². The van der Waals surface area contributed by atoms with Gasteiger partial charge < -0.3 is 24.6 Å². The molecule has 0 bridgehead atoms. The van der Waals surface area contributed by atoms with E-state index < -0.39 is 18.0 Å². The quantitative estimate of drug-likeness (QED) is 0.807. The normalized spacial score (nSPS) is 25.4. The number of fused-ring (bicyclic) bond motifs is 1. The number of ether oxygens (including phenoxy) is 2. The molecule has 156 valence electrons. The van der Waals surface area contributed by atoms with Crippen molar-refractivity contribution in [3.05, 3.63) is 24.0 Å². The summed E-state index contributed by atoms with van der Waals surface area (Å²) < 4.78 is 24.8. The van der Waals surface area contributed by atoms with Crippen LogP contribution in [0, 0.1) is 11.7 Å². The number of nitrogens with one attached hydrogen (secondary N) is 1. The van der Waals surface area contributed by atoms with Gasteiger partial charge in [-0.25, -0.2) is 14.0 Å². The zero-order chi connectivity index (χ0) is 20.7. The average Bonchev–Trinajstić information content (AvgIpc) is 3.20. The van der Waals surface area contributed by atoms with Crippen molar-refractivity contribution in [1.29, 1.82) is 0 Å². The highest BCUT2D eigenvalue weighted by Gasteiger charge is 2.48. The number of halogens is 1. The molecular formula is C19H23FN4O5. The van der Waals surface area contributed by atoms with E-state index in [1.165, 1.54) is 25.0 Å². The lowest BCUT2D eigenvalue weighted by atomic mass is 9.93. The highest BCUT2D eigenvalue weighted by Crippen LogP contribution is 2.37. The molecule has 4 rings (SSSR count). The van der Waals surface area contributed by atoms with Crippen molar-refractivity contribution in [3.8, 4) is 0 Å². The van der Waals surface area contributed by atoms with Crippen LogP contribution in [0.5, 0.6) is 0 Å². The minimum Gasteiger partial charge on any atom is -0.453 e. The molecule has 29 heavy (non-hydrogen) atoms. The van der Waals surface area contributed by atoms with Crippen LogP contribution in [-0.2, 0) is 14.3 Å². The molecule has 3 atom stereocenters. The van der Waals surface area contributed by atoms with Crippen LogP contribution in [0.1, 0.15) is 6.92 Å². The van der Waals surface area contributed by atoms with E-state index >= 15 is 0 Å². The molecule has 3 amide bonds. The molecule has 3 heterocycles. The Hall–Kier alpha value is -3.04. The van der Waals surface area contributed by atoms with Gasteiger partial charge in [-0.2, -0.15) is 0 Å². The fourth-order valence-electron chi connectivity index (χ4n) is 4.18. The van der Waals surface area contributed by atoms with Gasteiger partial charge in [0.2, 0.25) is 5.91 Å². The predicted octanol–water partition coefficient (Wildman–Crippen LogP) is 1.17. The molecule has 10 heteroatoms. The molecule has 3 saturated heterocycles. The van der Waals surface area contributed by atoms with E-state index in [-0.39, 0.29) is 31.1 Å². The van der Waals surface area contributed by atoms with E-state index in [4.69, 9.17) is 9.47 Å². The maximum Gasteiger partial charge on any atom is 0.414 e. The molecule has 0 saturated carbocycles. The molecule has 0 aliphatic carbocycles. The Bertz CT molecular complexity index is 850. The summed E-state index contributed by atoms with van der Waals surface area (Å²) in [5.74, 6) is -0.344. The Labute approximate surface area is 167 Å². The fraction of sp³-hybridized carbons (Fsp3) is 0.526. The van der Waals surface area contributed by atoms with Gasteiger partial charge in [0.15, 0.2) is 0 Å². The van der Waals surface area contributed by atoms with Gasteiger partial charge in [0.05, 0.1) is 37.6 Å². The molecule has 0 aromatic heterocycles. The molecule has 3 aliphatic heterocycles. The van der Waals surface area contributed by atoms with Gasteiger partial charge in [0.1, 0.15) is 11.9 Å². The second-order valence-corrected chi connectivity index (χ2v) is 7.54. The van der Waals surface area contributed by atoms with Crippen LogP contribution in [0.2, 0.25) is 0 Å². The van der Waals surface area contributed by atoms with E-state index in [0.717, 1.165) is 0 Å². The SMILES string of the molecule is COC(=O)N1CC2CN(c3ccc(N4CC(CNC(C)=O)OC4=O)cc3F)CC21.